The van der Waals surface area contributed by atoms with Crippen LogP contribution in [0, 0.1) is 0 Å². The molecule has 0 amide bonds. The van der Waals surface area contributed by atoms with Crippen LogP contribution >= 0.6 is 0 Å². The number of rotatable bonds is 6. The molecule has 0 N–H and O–H groups in total. The third-order valence-corrected chi connectivity index (χ3v) is 10.9. The second-order valence-corrected chi connectivity index (χ2v) is 14.0. The molecule has 0 saturated carbocycles. The molecule has 51 heavy (non-hydrogen) atoms. The van der Waals surface area contributed by atoms with Crippen molar-refractivity contribution in [2.24, 2.45) is 0 Å². The Morgan fingerprint density at radius 2 is 1.08 bits per heavy atom. The summed E-state index contributed by atoms with van der Waals surface area (Å²) in [6.45, 7) is 2.30. The van der Waals surface area contributed by atoms with Gasteiger partial charge >= 0.3 is 26.2 Å². The summed E-state index contributed by atoms with van der Waals surface area (Å²) in [6.07, 6.45) is 4.77. The van der Waals surface area contributed by atoms with E-state index in [9.17, 15) is 0 Å². The second kappa shape index (κ2) is 17.5. The van der Waals surface area contributed by atoms with Crippen LogP contribution in [0.3, 0.4) is 0 Å². The van der Waals surface area contributed by atoms with Crippen molar-refractivity contribution in [1.82, 2.24) is 0 Å². The largest absolute Gasteiger partial charge is 3.00 e. The minimum Gasteiger partial charge on any atom is -1.00 e. The van der Waals surface area contributed by atoms with Gasteiger partial charge in [0.05, 0.1) is 0 Å². The van der Waals surface area contributed by atoms with Gasteiger partial charge in [0, 0.05) is 5.92 Å². The van der Waals surface area contributed by atoms with E-state index in [0.29, 0.717) is 5.92 Å². The monoisotopic (exact) mass is 789 g/mol. The van der Waals surface area contributed by atoms with Gasteiger partial charge in [-0.05, 0) is 39.4 Å². The van der Waals surface area contributed by atoms with Crippen molar-refractivity contribution in [1.29, 1.82) is 0 Å². The molecule has 0 bridgehead atoms. The van der Waals surface area contributed by atoms with Gasteiger partial charge in [0.15, 0.2) is 0 Å². The Kier molecular flexibility index (Phi) is 13.2. The predicted octanol–water partition coefficient (Wildman–Crippen LogP) is 5.21. The Labute approximate surface area is 335 Å². The Bertz CT molecular complexity index is 2350. The number of halogens is 2. The molecule has 4 heteroatoms. The number of benzene rings is 7. The molecular weight excluding hydrogens is 755 g/mol. The maximum atomic E-state index is 2.50. The van der Waals surface area contributed by atoms with Crippen molar-refractivity contribution in [3.63, 3.8) is 0 Å². The van der Waals surface area contributed by atoms with Crippen LogP contribution in [0.15, 0.2) is 175 Å². The summed E-state index contributed by atoms with van der Waals surface area (Å²) in [5.74, 6) is 0.306. The first-order valence-electron chi connectivity index (χ1n) is 17.0. The number of hydrogen-bond acceptors (Lipinski definition) is 0. The summed E-state index contributed by atoms with van der Waals surface area (Å²) in [6, 6.07) is 61.6. The SMILES string of the molecule is CCCC1=Cc2c(-c3cccc4ccccc34)cccc2C1c1cccc2c1[cH-]c1ccccc12.[Cl-].[Cl-].[Zr+3].c1ccc([Si]c2ccccc2)cc1. The minimum absolute atomic E-state index is 0. The molecule has 3 radical (unpaired) electrons. The number of allylic oxidation sites excluding steroid dienone is 1. The van der Waals surface area contributed by atoms with E-state index in [1.807, 2.05) is 0 Å². The van der Waals surface area contributed by atoms with Crippen LogP contribution < -0.4 is 35.2 Å². The maximum Gasteiger partial charge on any atom is 3.00 e. The van der Waals surface area contributed by atoms with E-state index in [1.165, 1.54) is 76.1 Å². The van der Waals surface area contributed by atoms with E-state index in [-0.39, 0.29) is 51.0 Å². The Morgan fingerprint density at radius 1 is 0.529 bits per heavy atom. The van der Waals surface area contributed by atoms with Gasteiger partial charge in [0.1, 0.15) is 9.52 Å². The van der Waals surface area contributed by atoms with Gasteiger partial charge in [-0.15, -0.1) is 33.7 Å². The predicted molar refractivity (Wildman–Crippen MR) is 209 cm³/mol. The Morgan fingerprint density at radius 3 is 1.80 bits per heavy atom. The van der Waals surface area contributed by atoms with E-state index in [0.717, 1.165) is 22.4 Å². The summed E-state index contributed by atoms with van der Waals surface area (Å²) < 4.78 is 0. The van der Waals surface area contributed by atoms with Crippen molar-refractivity contribution in [2.75, 3.05) is 0 Å². The van der Waals surface area contributed by atoms with E-state index in [4.69, 9.17) is 0 Å². The van der Waals surface area contributed by atoms with Crippen LogP contribution in [0.5, 0.6) is 0 Å². The van der Waals surface area contributed by atoms with Crippen LogP contribution in [0.2, 0.25) is 0 Å². The Hall–Kier alpha value is -3.91. The second-order valence-electron chi connectivity index (χ2n) is 12.6. The summed E-state index contributed by atoms with van der Waals surface area (Å²) >= 11 is 0. The molecule has 0 fully saturated rings. The van der Waals surface area contributed by atoms with Crippen molar-refractivity contribution < 1.29 is 51.0 Å². The van der Waals surface area contributed by atoms with E-state index < -0.39 is 0 Å². The number of fused-ring (bicyclic) bond motifs is 5. The summed E-state index contributed by atoms with van der Waals surface area (Å²) in [5.41, 5.74) is 8.47. The van der Waals surface area contributed by atoms with Crippen LogP contribution in [0.25, 0.3) is 49.5 Å². The normalized spacial score (nSPS) is 12.9. The van der Waals surface area contributed by atoms with Crippen LogP contribution in [0.4, 0.5) is 0 Å². The quantitative estimate of drug-likeness (QED) is 0.161. The molecule has 9 rings (SSSR count). The summed E-state index contributed by atoms with van der Waals surface area (Å²) in [5, 5.41) is 10.9. The molecule has 8 aromatic carbocycles. The molecule has 0 aliphatic heterocycles. The smallest absolute Gasteiger partial charge is 1.00 e. The van der Waals surface area contributed by atoms with Crippen molar-refractivity contribution >= 4 is 58.3 Å². The molecule has 0 saturated heterocycles. The molecule has 0 aromatic heterocycles. The van der Waals surface area contributed by atoms with E-state index >= 15 is 0 Å². The van der Waals surface area contributed by atoms with Gasteiger partial charge in [-0.1, -0.05) is 199 Å². The van der Waals surface area contributed by atoms with Gasteiger partial charge in [0.2, 0.25) is 0 Å². The molecule has 0 spiro atoms. The topological polar surface area (TPSA) is 0 Å². The zero-order valence-electron chi connectivity index (χ0n) is 28.5. The van der Waals surface area contributed by atoms with Crippen molar-refractivity contribution in [3.05, 3.63) is 192 Å². The first-order valence-corrected chi connectivity index (χ1v) is 18.0. The average molecular weight is 792 g/mol. The van der Waals surface area contributed by atoms with Crippen molar-refractivity contribution in [3.8, 4) is 11.1 Å². The van der Waals surface area contributed by atoms with Gasteiger partial charge in [0.25, 0.3) is 0 Å². The van der Waals surface area contributed by atoms with Gasteiger partial charge < -0.3 is 24.8 Å². The summed E-state index contributed by atoms with van der Waals surface area (Å²) in [7, 11) is 0.777. The van der Waals surface area contributed by atoms with Gasteiger partial charge in [-0.25, -0.2) is 0 Å². The van der Waals surface area contributed by atoms with Gasteiger partial charge in [-0.3, -0.25) is 0 Å². The molecule has 1 aliphatic rings. The molecule has 1 unspecified atom stereocenters. The van der Waals surface area contributed by atoms with Crippen LogP contribution in [-0.2, 0) is 26.2 Å². The summed E-state index contributed by atoms with van der Waals surface area (Å²) in [4.78, 5) is 0. The fraction of sp³-hybridized carbons (Fsp3) is 0.0851. The third-order valence-electron chi connectivity index (χ3n) is 9.61. The fourth-order valence-electron chi connectivity index (χ4n) is 7.50. The molecule has 0 heterocycles. The van der Waals surface area contributed by atoms with Crippen LogP contribution in [0.1, 0.15) is 42.4 Å². The van der Waals surface area contributed by atoms with E-state index in [2.05, 4.69) is 183 Å². The zero-order valence-corrected chi connectivity index (χ0v) is 33.5. The zero-order chi connectivity index (χ0) is 32.3. The number of hydrogen-bond donors (Lipinski definition) is 0. The van der Waals surface area contributed by atoms with Gasteiger partial charge in [-0.2, -0.15) is 0 Å². The van der Waals surface area contributed by atoms with E-state index in [1.54, 1.807) is 0 Å². The molecule has 247 valence electrons. The molecule has 1 aliphatic carbocycles. The first kappa shape index (κ1) is 38.3. The van der Waals surface area contributed by atoms with Crippen molar-refractivity contribution in [2.45, 2.75) is 25.7 Å². The molecule has 1 atom stereocenters. The van der Waals surface area contributed by atoms with Crippen LogP contribution in [-0.4, -0.2) is 9.52 Å². The standard InChI is InChI=1S/C35H27.C12H10Si.2ClH.Zr/c1-2-10-25-22-34-30(28-16-7-13-23-11-3-5-14-26(23)28)18-9-20-32(34)35(25)31-19-8-17-29-27-15-6-4-12-24(27)21-33(29)31;1-3-7-11(8-4-1)13-12-9-5-2-6-10-12;;;/h3-9,11-22,35H,2,10H2,1H3;1-10H;2*1H;/q-1;;;;+3/p-2. The molecule has 0 nitrogen and oxygen atoms in total. The molecule has 8 aromatic rings. The maximum absolute atomic E-state index is 2.50. The Balaban J connectivity index is 0.000000269. The molecular formula is C47H37Cl2SiZr. The first-order chi connectivity index (χ1) is 23.8. The average Bonchev–Trinajstić information content (AvgIpc) is 3.71. The third kappa shape index (κ3) is 7.81. The fourth-order valence-corrected chi connectivity index (χ4v) is 8.55. The minimum atomic E-state index is 0.